The van der Waals surface area contributed by atoms with E-state index >= 15 is 0 Å². The second kappa shape index (κ2) is 12.7. The van der Waals surface area contributed by atoms with Crippen molar-refractivity contribution in [2.45, 2.75) is 52.7 Å². The molecule has 1 saturated heterocycles. The molecule has 196 valence electrons. The predicted molar refractivity (Wildman–Crippen MR) is 124 cm³/mol. The van der Waals surface area contributed by atoms with E-state index in [1.165, 1.54) is 9.80 Å². The molecule has 0 bridgehead atoms. The number of hydrogen-bond donors (Lipinski definition) is 2. The van der Waals surface area contributed by atoms with Gasteiger partial charge >= 0.3 is 24.1 Å². The van der Waals surface area contributed by atoms with E-state index in [1.54, 1.807) is 51.3 Å². The predicted octanol–water partition coefficient (Wildman–Crippen LogP) is 1.25. The largest absolute Gasteiger partial charge is 0.480 e. The molecule has 1 aliphatic heterocycles. The highest BCUT2D eigenvalue weighted by atomic mass is 16.6. The molecule has 34 heavy (non-hydrogen) atoms. The van der Waals surface area contributed by atoms with Crippen molar-refractivity contribution >= 4 is 24.1 Å². The van der Waals surface area contributed by atoms with E-state index in [-0.39, 0.29) is 65.4 Å². The monoisotopic (exact) mass is 488 g/mol. The van der Waals surface area contributed by atoms with Crippen LogP contribution in [-0.2, 0) is 19.1 Å². The number of rotatable bonds is 4. The Balaban J connectivity index is 3.11. The van der Waals surface area contributed by atoms with Crippen molar-refractivity contribution in [3.05, 3.63) is 0 Å². The van der Waals surface area contributed by atoms with Gasteiger partial charge in [-0.05, 0) is 41.5 Å². The van der Waals surface area contributed by atoms with E-state index in [1.807, 2.05) is 0 Å². The van der Waals surface area contributed by atoms with Gasteiger partial charge < -0.3 is 29.5 Å². The van der Waals surface area contributed by atoms with Crippen LogP contribution in [0.5, 0.6) is 0 Å². The molecule has 2 N–H and O–H groups in total. The normalized spacial score (nSPS) is 17.9. The number of carbonyl (C=O) groups is 4. The van der Waals surface area contributed by atoms with Crippen LogP contribution in [0.4, 0.5) is 9.59 Å². The number of carboxylic acid groups (broad SMARTS) is 2. The van der Waals surface area contributed by atoms with Gasteiger partial charge in [-0.1, -0.05) is 0 Å². The van der Waals surface area contributed by atoms with Crippen LogP contribution in [0, 0.1) is 0 Å². The zero-order valence-corrected chi connectivity index (χ0v) is 21.2. The second-order valence-corrected chi connectivity index (χ2v) is 10.3. The van der Waals surface area contributed by atoms with Gasteiger partial charge in [-0.3, -0.25) is 19.4 Å². The van der Waals surface area contributed by atoms with Crippen LogP contribution < -0.4 is 0 Å². The topological polar surface area (TPSA) is 140 Å². The number of amides is 2. The third-order valence-electron chi connectivity index (χ3n) is 4.77. The molecule has 0 aromatic heterocycles. The first-order valence-electron chi connectivity index (χ1n) is 11.4. The lowest BCUT2D eigenvalue weighted by Gasteiger charge is -2.34. The van der Waals surface area contributed by atoms with Crippen molar-refractivity contribution in [2.24, 2.45) is 0 Å². The molecule has 0 unspecified atom stereocenters. The SMILES string of the molecule is CC(C)(C)OC(=O)N1CCN(CC(=O)O)CCN(C(=O)OC(C)(C)C)CCN(CC(=O)O)CC1. The molecule has 0 saturated carbocycles. The van der Waals surface area contributed by atoms with E-state index in [0.29, 0.717) is 0 Å². The summed E-state index contributed by atoms with van der Waals surface area (Å²) in [7, 11) is 0. The lowest BCUT2D eigenvalue weighted by molar-refractivity contribution is -0.139. The Labute approximate surface area is 201 Å². The summed E-state index contributed by atoms with van der Waals surface area (Å²) in [5, 5.41) is 18.6. The third kappa shape index (κ3) is 12.6. The Hall–Kier alpha value is -2.60. The van der Waals surface area contributed by atoms with Crippen molar-refractivity contribution in [3.63, 3.8) is 0 Å². The highest BCUT2D eigenvalue weighted by molar-refractivity contribution is 5.70. The van der Waals surface area contributed by atoms with E-state index in [0.717, 1.165) is 0 Å². The Morgan fingerprint density at radius 2 is 0.853 bits per heavy atom. The molecule has 1 aliphatic rings. The Morgan fingerprint density at radius 1 is 0.588 bits per heavy atom. The van der Waals surface area contributed by atoms with Crippen LogP contribution in [0.15, 0.2) is 0 Å². The van der Waals surface area contributed by atoms with Crippen molar-refractivity contribution in [2.75, 3.05) is 65.4 Å². The summed E-state index contributed by atoms with van der Waals surface area (Å²) in [5.74, 6) is -2.04. The van der Waals surface area contributed by atoms with Crippen molar-refractivity contribution in [1.29, 1.82) is 0 Å². The first-order valence-corrected chi connectivity index (χ1v) is 11.4. The molecule has 2 amide bonds. The maximum absolute atomic E-state index is 12.7. The molecule has 1 rings (SSSR count). The van der Waals surface area contributed by atoms with E-state index in [9.17, 15) is 29.4 Å². The molecule has 12 heteroatoms. The van der Waals surface area contributed by atoms with Gasteiger partial charge in [0.05, 0.1) is 13.1 Å². The molecule has 0 radical (unpaired) electrons. The molecule has 0 spiro atoms. The van der Waals surface area contributed by atoms with Gasteiger partial charge in [0.2, 0.25) is 0 Å². The summed E-state index contributed by atoms with van der Waals surface area (Å²) in [6.07, 6.45) is -1.10. The average Bonchev–Trinajstić information content (AvgIpc) is 2.62. The quantitative estimate of drug-likeness (QED) is 0.594. The minimum Gasteiger partial charge on any atom is -0.480 e. The lowest BCUT2D eigenvalue weighted by atomic mass is 10.2. The van der Waals surface area contributed by atoms with Gasteiger partial charge in [-0.25, -0.2) is 9.59 Å². The molecule has 0 aromatic carbocycles. The maximum Gasteiger partial charge on any atom is 0.410 e. The zero-order valence-electron chi connectivity index (χ0n) is 21.2. The Bertz CT molecular complexity index is 641. The fraction of sp³-hybridized carbons (Fsp3) is 0.818. The van der Waals surface area contributed by atoms with E-state index in [4.69, 9.17) is 9.47 Å². The van der Waals surface area contributed by atoms with Gasteiger partial charge in [0, 0.05) is 52.4 Å². The molecule has 1 fully saturated rings. The smallest absolute Gasteiger partial charge is 0.410 e. The van der Waals surface area contributed by atoms with Gasteiger partial charge in [0.1, 0.15) is 11.2 Å². The fourth-order valence-corrected chi connectivity index (χ4v) is 3.21. The second-order valence-electron chi connectivity index (χ2n) is 10.3. The maximum atomic E-state index is 12.7. The number of carboxylic acids is 2. The van der Waals surface area contributed by atoms with Crippen LogP contribution in [0.25, 0.3) is 0 Å². The standard InChI is InChI=1S/C22H40N4O8/c1-21(2,3)33-19(31)25-11-7-23(15-17(27)28)9-13-26(20(32)34-22(4,5)6)14-10-24(8-12-25)16-18(29)30/h7-16H2,1-6H3,(H,27,28)(H,29,30). The highest BCUT2D eigenvalue weighted by Gasteiger charge is 2.27. The third-order valence-corrected chi connectivity index (χ3v) is 4.77. The lowest BCUT2D eigenvalue weighted by Crippen LogP contribution is -2.51. The number of ether oxygens (including phenoxy) is 2. The van der Waals surface area contributed by atoms with Crippen molar-refractivity contribution in [3.8, 4) is 0 Å². The van der Waals surface area contributed by atoms with Gasteiger partial charge in [0.15, 0.2) is 0 Å². The van der Waals surface area contributed by atoms with Crippen LogP contribution in [0.2, 0.25) is 0 Å². The zero-order chi connectivity index (χ0) is 26.1. The van der Waals surface area contributed by atoms with Gasteiger partial charge in [-0.15, -0.1) is 0 Å². The molecule has 1 heterocycles. The summed E-state index contributed by atoms with van der Waals surface area (Å²) < 4.78 is 11.0. The summed E-state index contributed by atoms with van der Waals surface area (Å²) >= 11 is 0. The summed E-state index contributed by atoms with van der Waals surface area (Å²) in [5.41, 5.74) is -1.42. The van der Waals surface area contributed by atoms with Crippen LogP contribution >= 0.6 is 0 Å². The molecule has 12 nitrogen and oxygen atoms in total. The molecular weight excluding hydrogens is 448 g/mol. The first-order chi connectivity index (χ1) is 15.6. The highest BCUT2D eigenvalue weighted by Crippen LogP contribution is 2.12. The number of aliphatic carboxylic acids is 2. The van der Waals surface area contributed by atoms with Crippen LogP contribution in [-0.4, -0.2) is 131 Å². The van der Waals surface area contributed by atoms with E-state index in [2.05, 4.69) is 0 Å². The minimum absolute atomic E-state index is 0.190. The fourth-order valence-electron chi connectivity index (χ4n) is 3.21. The van der Waals surface area contributed by atoms with Crippen molar-refractivity contribution in [1.82, 2.24) is 19.6 Å². The minimum atomic E-state index is -1.02. The summed E-state index contributed by atoms with van der Waals surface area (Å²) in [6, 6.07) is 0. The molecule has 0 atom stereocenters. The molecule has 0 aliphatic carbocycles. The number of hydrogen-bond acceptors (Lipinski definition) is 8. The van der Waals surface area contributed by atoms with E-state index < -0.39 is 35.3 Å². The van der Waals surface area contributed by atoms with Crippen LogP contribution in [0.3, 0.4) is 0 Å². The molecule has 0 aromatic rings. The molecular formula is C22H40N4O8. The number of carbonyl (C=O) groups excluding carboxylic acids is 2. The van der Waals surface area contributed by atoms with Crippen molar-refractivity contribution < 1.29 is 38.9 Å². The summed E-state index contributed by atoms with van der Waals surface area (Å²) in [6.45, 7) is 11.7. The Morgan fingerprint density at radius 3 is 1.06 bits per heavy atom. The Kier molecular flexibility index (Phi) is 11.0. The van der Waals surface area contributed by atoms with Gasteiger partial charge in [-0.2, -0.15) is 0 Å². The number of nitrogens with zero attached hydrogens (tertiary/aromatic N) is 4. The van der Waals surface area contributed by atoms with Gasteiger partial charge in [0.25, 0.3) is 0 Å². The van der Waals surface area contributed by atoms with Crippen LogP contribution in [0.1, 0.15) is 41.5 Å². The first kappa shape index (κ1) is 29.4. The summed E-state index contributed by atoms with van der Waals surface area (Å²) in [4.78, 5) is 54.4. The average molecular weight is 489 g/mol.